The number of benzene rings is 1. The molecule has 2 aromatic rings. The van der Waals surface area contributed by atoms with Crippen LogP contribution in [0.25, 0.3) is 10.9 Å². The van der Waals surface area contributed by atoms with Crippen molar-refractivity contribution in [2.45, 2.75) is 25.8 Å². The maximum Gasteiger partial charge on any atom is 0.0481 e. The van der Waals surface area contributed by atoms with Crippen molar-refractivity contribution in [3.8, 4) is 0 Å². The van der Waals surface area contributed by atoms with Gasteiger partial charge in [0, 0.05) is 35.2 Å². The van der Waals surface area contributed by atoms with E-state index in [1.165, 1.54) is 16.5 Å². The normalized spacial score (nSPS) is 13.2. The molecule has 2 nitrogen and oxygen atoms in total. The summed E-state index contributed by atoms with van der Waals surface area (Å²) in [4.78, 5) is 0. The second-order valence-electron chi connectivity index (χ2n) is 4.44. The Labute approximate surface area is 101 Å². The molecule has 0 saturated heterocycles. The number of halogens is 1. The van der Waals surface area contributed by atoms with Gasteiger partial charge in [-0.15, -0.1) is 0 Å². The average Bonchev–Trinajstić information content (AvgIpc) is 2.52. The van der Waals surface area contributed by atoms with Gasteiger partial charge in [-0.2, -0.15) is 0 Å². The molecule has 0 aliphatic rings. The maximum atomic E-state index is 6.03. The van der Waals surface area contributed by atoms with E-state index in [1.54, 1.807) is 0 Å². The van der Waals surface area contributed by atoms with Crippen LogP contribution in [0.4, 0.5) is 0 Å². The zero-order chi connectivity index (χ0) is 11.7. The van der Waals surface area contributed by atoms with Crippen molar-refractivity contribution in [1.82, 2.24) is 4.57 Å². The number of aromatic nitrogens is 1. The minimum atomic E-state index is 0.245. The average molecular weight is 237 g/mol. The fraction of sp³-hybridized carbons (Fsp3) is 0.385. The first-order valence-corrected chi connectivity index (χ1v) is 5.95. The number of rotatable bonds is 3. The summed E-state index contributed by atoms with van der Waals surface area (Å²) in [6, 6.07) is 6.27. The van der Waals surface area contributed by atoms with Crippen LogP contribution in [0.1, 0.15) is 18.9 Å². The van der Waals surface area contributed by atoms with Crippen LogP contribution in [0.15, 0.2) is 24.4 Å². The number of nitrogens with two attached hydrogens (primary N) is 1. The molecular weight excluding hydrogens is 220 g/mol. The van der Waals surface area contributed by atoms with E-state index >= 15 is 0 Å². The van der Waals surface area contributed by atoms with Gasteiger partial charge < -0.3 is 10.3 Å². The lowest BCUT2D eigenvalue weighted by Crippen LogP contribution is -2.15. The molecule has 0 aliphatic carbocycles. The lowest BCUT2D eigenvalue weighted by atomic mass is 10.1. The molecule has 86 valence electrons. The minimum Gasteiger partial charge on any atom is -0.350 e. The summed E-state index contributed by atoms with van der Waals surface area (Å²) in [5.41, 5.74) is 8.34. The van der Waals surface area contributed by atoms with Crippen molar-refractivity contribution < 1.29 is 0 Å². The van der Waals surface area contributed by atoms with Gasteiger partial charge in [0.15, 0.2) is 0 Å². The molecule has 0 radical (unpaired) electrons. The third-order valence-electron chi connectivity index (χ3n) is 2.90. The van der Waals surface area contributed by atoms with Crippen molar-refractivity contribution in [2.75, 3.05) is 0 Å². The van der Waals surface area contributed by atoms with Crippen molar-refractivity contribution in [3.05, 3.63) is 35.0 Å². The summed E-state index contributed by atoms with van der Waals surface area (Å²) in [5, 5.41) is 2.04. The largest absolute Gasteiger partial charge is 0.350 e. The first-order chi connectivity index (χ1) is 7.58. The van der Waals surface area contributed by atoms with Crippen molar-refractivity contribution in [3.63, 3.8) is 0 Å². The Morgan fingerprint density at radius 3 is 2.88 bits per heavy atom. The van der Waals surface area contributed by atoms with E-state index in [4.69, 9.17) is 17.3 Å². The molecule has 1 aromatic heterocycles. The smallest absolute Gasteiger partial charge is 0.0481 e. The minimum absolute atomic E-state index is 0.245. The van der Waals surface area contributed by atoms with Crippen LogP contribution in [-0.2, 0) is 13.5 Å². The number of hydrogen-bond donors (Lipinski definition) is 1. The quantitative estimate of drug-likeness (QED) is 0.872. The zero-order valence-electron chi connectivity index (χ0n) is 9.70. The summed E-state index contributed by atoms with van der Waals surface area (Å²) in [7, 11) is 2.06. The topological polar surface area (TPSA) is 30.9 Å². The van der Waals surface area contributed by atoms with Crippen molar-refractivity contribution in [2.24, 2.45) is 12.8 Å². The van der Waals surface area contributed by atoms with Gasteiger partial charge in [0.1, 0.15) is 0 Å². The highest BCUT2D eigenvalue weighted by Gasteiger charge is 2.07. The predicted molar refractivity (Wildman–Crippen MR) is 69.9 cm³/mol. The molecule has 3 heteroatoms. The number of aryl methyl sites for hydroxylation is 2. The Kier molecular flexibility index (Phi) is 3.22. The maximum absolute atomic E-state index is 6.03. The molecule has 1 atom stereocenters. The van der Waals surface area contributed by atoms with Gasteiger partial charge in [-0.05, 0) is 43.5 Å². The fourth-order valence-electron chi connectivity index (χ4n) is 2.03. The van der Waals surface area contributed by atoms with E-state index in [0.717, 1.165) is 17.9 Å². The first-order valence-electron chi connectivity index (χ1n) is 5.57. The highest BCUT2D eigenvalue weighted by molar-refractivity contribution is 6.31. The second kappa shape index (κ2) is 4.48. The Hall–Kier alpha value is -0.990. The molecule has 16 heavy (non-hydrogen) atoms. The highest BCUT2D eigenvalue weighted by Crippen LogP contribution is 2.25. The van der Waals surface area contributed by atoms with Crippen LogP contribution < -0.4 is 5.73 Å². The Morgan fingerprint density at radius 2 is 2.19 bits per heavy atom. The molecule has 2 N–H and O–H groups in total. The molecule has 1 heterocycles. The van der Waals surface area contributed by atoms with Gasteiger partial charge in [-0.25, -0.2) is 0 Å². The summed E-state index contributed by atoms with van der Waals surface area (Å²) in [6.07, 6.45) is 4.18. The van der Waals surface area contributed by atoms with Gasteiger partial charge in [0.05, 0.1) is 0 Å². The first kappa shape index (κ1) is 11.5. The molecule has 0 amide bonds. The molecule has 0 aliphatic heterocycles. The summed E-state index contributed by atoms with van der Waals surface area (Å²) in [5.74, 6) is 0. The molecule has 1 aromatic carbocycles. The van der Waals surface area contributed by atoms with Gasteiger partial charge >= 0.3 is 0 Å². The van der Waals surface area contributed by atoms with Gasteiger partial charge in [0.25, 0.3) is 0 Å². The second-order valence-corrected chi connectivity index (χ2v) is 4.88. The fourth-order valence-corrected chi connectivity index (χ4v) is 2.20. The standard InChI is InChI=1S/C13H17ClN2/c1-9(15)3-4-10-8-16(2)13-6-5-11(14)7-12(10)13/h5-9H,3-4,15H2,1-2H3. The van der Waals surface area contributed by atoms with Crippen LogP contribution in [0, 0.1) is 0 Å². The Balaban J connectivity index is 2.41. The predicted octanol–water partition coefficient (Wildman–Crippen LogP) is 3.11. The lowest BCUT2D eigenvalue weighted by molar-refractivity contribution is 0.667. The van der Waals surface area contributed by atoms with Crippen LogP contribution in [-0.4, -0.2) is 10.6 Å². The molecule has 0 spiro atoms. The van der Waals surface area contributed by atoms with Gasteiger partial charge in [-0.1, -0.05) is 11.6 Å². The van der Waals surface area contributed by atoms with E-state index in [2.05, 4.69) is 23.9 Å². The molecule has 0 fully saturated rings. The number of fused-ring (bicyclic) bond motifs is 1. The zero-order valence-corrected chi connectivity index (χ0v) is 10.5. The lowest BCUT2D eigenvalue weighted by Gasteiger charge is -2.03. The van der Waals surface area contributed by atoms with Gasteiger partial charge in [-0.3, -0.25) is 0 Å². The van der Waals surface area contributed by atoms with Crippen LogP contribution >= 0.6 is 11.6 Å². The third-order valence-corrected chi connectivity index (χ3v) is 3.14. The Morgan fingerprint density at radius 1 is 1.44 bits per heavy atom. The molecular formula is C13H17ClN2. The van der Waals surface area contributed by atoms with Crippen LogP contribution in [0.2, 0.25) is 5.02 Å². The summed E-state index contributed by atoms with van der Waals surface area (Å²) < 4.78 is 2.14. The van der Waals surface area contributed by atoms with Crippen molar-refractivity contribution in [1.29, 1.82) is 0 Å². The SMILES string of the molecule is CC(N)CCc1cn(C)c2ccc(Cl)cc12. The third kappa shape index (κ3) is 2.23. The number of nitrogens with zero attached hydrogens (tertiary/aromatic N) is 1. The number of hydrogen-bond acceptors (Lipinski definition) is 1. The van der Waals surface area contributed by atoms with Crippen LogP contribution in [0.5, 0.6) is 0 Å². The Bertz CT molecular complexity index is 500. The van der Waals surface area contributed by atoms with Gasteiger partial charge in [0.2, 0.25) is 0 Å². The molecule has 2 rings (SSSR count). The van der Waals surface area contributed by atoms with Crippen molar-refractivity contribution >= 4 is 22.5 Å². The summed E-state index contributed by atoms with van der Waals surface area (Å²) >= 11 is 6.03. The summed E-state index contributed by atoms with van der Waals surface area (Å²) in [6.45, 7) is 2.04. The van der Waals surface area contributed by atoms with E-state index < -0.39 is 0 Å². The van der Waals surface area contributed by atoms with E-state index in [0.29, 0.717) is 0 Å². The van der Waals surface area contributed by atoms with E-state index in [-0.39, 0.29) is 6.04 Å². The van der Waals surface area contributed by atoms with E-state index in [1.807, 2.05) is 19.1 Å². The molecule has 0 saturated carbocycles. The van der Waals surface area contributed by atoms with Crippen LogP contribution in [0.3, 0.4) is 0 Å². The monoisotopic (exact) mass is 236 g/mol. The highest BCUT2D eigenvalue weighted by atomic mass is 35.5. The molecule has 0 bridgehead atoms. The van der Waals surface area contributed by atoms with E-state index in [9.17, 15) is 0 Å². The molecule has 1 unspecified atom stereocenters.